The first-order chi connectivity index (χ1) is 9.59. The zero-order valence-corrected chi connectivity index (χ0v) is 14.0. The normalized spacial score (nSPS) is 12.7. The number of H-pyrrole nitrogens is 1. The van der Waals surface area contributed by atoms with Gasteiger partial charge in [0, 0.05) is 12.4 Å². The van der Waals surface area contributed by atoms with E-state index in [0.717, 1.165) is 17.5 Å². The molecule has 1 heterocycles. The summed E-state index contributed by atoms with van der Waals surface area (Å²) in [4.78, 5) is 3.10. The van der Waals surface area contributed by atoms with Gasteiger partial charge in [0.2, 0.25) is 0 Å². The lowest BCUT2D eigenvalue weighted by molar-refractivity contribution is 0.423. The lowest BCUT2D eigenvalue weighted by Gasteiger charge is -2.28. The fourth-order valence-corrected chi connectivity index (χ4v) is 2.64. The Morgan fingerprint density at radius 1 is 0.905 bits per heavy atom. The molecule has 0 atom stereocenters. The second-order valence-corrected chi connectivity index (χ2v) is 7.94. The maximum Gasteiger partial charge on any atom is 0.123 e. The van der Waals surface area contributed by atoms with Gasteiger partial charge in [-0.1, -0.05) is 53.7 Å². The van der Waals surface area contributed by atoms with Gasteiger partial charge >= 0.3 is 0 Å². The van der Waals surface area contributed by atoms with Crippen molar-refractivity contribution in [1.82, 2.24) is 4.98 Å². The van der Waals surface area contributed by atoms with Gasteiger partial charge in [0.05, 0.1) is 0 Å². The smallest absolute Gasteiger partial charge is 0.123 e. The Morgan fingerprint density at radius 2 is 1.43 bits per heavy atom. The van der Waals surface area contributed by atoms with E-state index in [4.69, 9.17) is 0 Å². The van der Waals surface area contributed by atoms with E-state index in [0.29, 0.717) is 5.75 Å². The maximum atomic E-state index is 10.7. The molecule has 2 N–H and O–H groups in total. The molecule has 1 aromatic heterocycles. The molecule has 0 aliphatic carbocycles. The van der Waals surface area contributed by atoms with E-state index in [-0.39, 0.29) is 10.8 Å². The molecule has 0 saturated heterocycles. The minimum atomic E-state index is -0.0712. The van der Waals surface area contributed by atoms with E-state index in [2.05, 4.69) is 64.7 Å². The van der Waals surface area contributed by atoms with Crippen LogP contribution in [-0.2, 0) is 17.3 Å². The van der Waals surface area contributed by atoms with E-state index in [9.17, 15) is 5.11 Å². The summed E-state index contributed by atoms with van der Waals surface area (Å²) in [6.45, 7) is 12.9. The van der Waals surface area contributed by atoms with Crippen LogP contribution in [-0.4, -0.2) is 10.1 Å². The van der Waals surface area contributed by atoms with E-state index in [1.165, 1.54) is 11.1 Å². The molecule has 1 aromatic carbocycles. The topological polar surface area (TPSA) is 36.0 Å². The summed E-state index contributed by atoms with van der Waals surface area (Å²) < 4.78 is 0. The van der Waals surface area contributed by atoms with Crippen LogP contribution in [0.3, 0.4) is 0 Å². The Morgan fingerprint density at radius 3 is 1.81 bits per heavy atom. The molecule has 0 amide bonds. The fourth-order valence-electron chi connectivity index (χ4n) is 2.64. The summed E-state index contributed by atoms with van der Waals surface area (Å²) in [5, 5.41) is 10.7. The highest BCUT2D eigenvalue weighted by molar-refractivity contribution is 5.50. The molecule has 2 rings (SSSR count). The molecule has 0 bridgehead atoms. The summed E-state index contributed by atoms with van der Waals surface area (Å²) in [5.74, 6) is 0.452. The third-order valence-corrected chi connectivity index (χ3v) is 3.86. The number of aromatic hydroxyl groups is 1. The van der Waals surface area contributed by atoms with Crippen LogP contribution in [0.1, 0.15) is 63.8 Å². The maximum absolute atomic E-state index is 10.7. The Hall–Kier alpha value is -1.70. The van der Waals surface area contributed by atoms with E-state index in [1.54, 1.807) is 0 Å². The molecule has 2 heteroatoms. The number of phenolic OH excluding ortho intramolecular Hbond substituents is 1. The van der Waals surface area contributed by atoms with Gasteiger partial charge in [-0.3, -0.25) is 0 Å². The Labute approximate surface area is 128 Å². The predicted octanol–water partition coefficient (Wildman–Crippen LogP) is 4.91. The molecule has 21 heavy (non-hydrogen) atoms. The lowest BCUT2D eigenvalue weighted by atomic mass is 9.78. The second kappa shape index (κ2) is 5.25. The lowest BCUT2D eigenvalue weighted by Crippen LogP contribution is -2.18. The molecule has 0 spiro atoms. The van der Waals surface area contributed by atoms with Crippen LogP contribution in [0.15, 0.2) is 30.6 Å². The highest BCUT2D eigenvalue weighted by Gasteiger charge is 2.26. The Bertz CT molecular complexity index is 575. The van der Waals surface area contributed by atoms with Crippen molar-refractivity contribution in [3.05, 3.63) is 52.8 Å². The third-order valence-electron chi connectivity index (χ3n) is 3.86. The molecular formula is C19H27NO. The number of rotatable bonds is 2. The van der Waals surface area contributed by atoms with Crippen LogP contribution in [0.4, 0.5) is 0 Å². The summed E-state index contributed by atoms with van der Waals surface area (Å²) in [7, 11) is 0. The Balaban J connectivity index is 2.56. The van der Waals surface area contributed by atoms with Crippen LogP contribution in [0, 0.1) is 0 Å². The molecule has 114 valence electrons. The zero-order valence-electron chi connectivity index (χ0n) is 14.0. The van der Waals surface area contributed by atoms with Crippen LogP contribution >= 0.6 is 0 Å². The molecular weight excluding hydrogens is 258 g/mol. The first-order valence-corrected chi connectivity index (χ1v) is 7.57. The number of hydrogen-bond donors (Lipinski definition) is 2. The van der Waals surface area contributed by atoms with Crippen molar-refractivity contribution in [2.75, 3.05) is 0 Å². The summed E-state index contributed by atoms with van der Waals surface area (Å²) >= 11 is 0. The highest BCUT2D eigenvalue weighted by atomic mass is 16.3. The highest BCUT2D eigenvalue weighted by Crippen LogP contribution is 2.40. The molecule has 2 aromatic rings. The fraction of sp³-hybridized carbons (Fsp3) is 0.474. The minimum absolute atomic E-state index is 0.0712. The van der Waals surface area contributed by atoms with Crippen LogP contribution in [0.2, 0.25) is 0 Å². The van der Waals surface area contributed by atoms with Gasteiger partial charge in [-0.15, -0.1) is 0 Å². The number of hydrogen-bond acceptors (Lipinski definition) is 1. The summed E-state index contributed by atoms with van der Waals surface area (Å²) in [6.07, 6.45) is 4.86. The predicted molar refractivity (Wildman–Crippen MR) is 89.1 cm³/mol. The van der Waals surface area contributed by atoms with E-state index >= 15 is 0 Å². The van der Waals surface area contributed by atoms with Gasteiger partial charge in [0.25, 0.3) is 0 Å². The zero-order chi connectivity index (χ0) is 15.8. The van der Waals surface area contributed by atoms with Crippen molar-refractivity contribution in [3.8, 4) is 5.75 Å². The van der Waals surface area contributed by atoms with E-state index < -0.39 is 0 Å². The molecule has 0 unspecified atom stereocenters. The number of nitrogens with one attached hydrogen (secondary N) is 1. The van der Waals surface area contributed by atoms with Crippen molar-refractivity contribution < 1.29 is 5.11 Å². The molecule has 0 fully saturated rings. The van der Waals surface area contributed by atoms with Crippen LogP contribution in [0.25, 0.3) is 0 Å². The number of aromatic nitrogens is 1. The molecule has 0 saturated carbocycles. The first-order valence-electron chi connectivity index (χ1n) is 7.57. The Kier molecular flexibility index (Phi) is 3.92. The van der Waals surface area contributed by atoms with Crippen molar-refractivity contribution in [2.24, 2.45) is 0 Å². The summed E-state index contributed by atoms with van der Waals surface area (Å²) in [5.41, 5.74) is 4.43. The van der Waals surface area contributed by atoms with Gasteiger partial charge in [-0.25, -0.2) is 0 Å². The van der Waals surface area contributed by atoms with Gasteiger partial charge in [-0.05, 0) is 45.6 Å². The summed E-state index contributed by atoms with van der Waals surface area (Å²) in [6, 6.07) is 6.40. The third kappa shape index (κ3) is 3.49. The largest absolute Gasteiger partial charge is 0.507 e. The van der Waals surface area contributed by atoms with Crippen molar-refractivity contribution in [3.63, 3.8) is 0 Å². The average Bonchev–Trinajstić information content (AvgIpc) is 2.81. The molecule has 2 nitrogen and oxygen atoms in total. The molecule has 0 radical (unpaired) electrons. The van der Waals surface area contributed by atoms with E-state index in [1.807, 2.05) is 12.4 Å². The van der Waals surface area contributed by atoms with Gasteiger partial charge < -0.3 is 10.1 Å². The van der Waals surface area contributed by atoms with Crippen molar-refractivity contribution >= 4 is 0 Å². The van der Waals surface area contributed by atoms with Gasteiger partial charge in [-0.2, -0.15) is 0 Å². The average molecular weight is 285 g/mol. The quantitative estimate of drug-likeness (QED) is 0.808. The molecule has 0 aliphatic rings. The standard InChI is InChI=1S/C19H27NO/c1-18(2,3)15-10-14(9-13-7-8-20-12-13)11-16(17(15)21)19(4,5)6/h7-8,10-12,20-21H,9H2,1-6H3. The SMILES string of the molecule is CC(C)(C)c1cc(Cc2cc[nH]c2)cc(C(C)(C)C)c1O. The monoisotopic (exact) mass is 285 g/mol. The van der Waals surface area contributed by atoms with Crippen molar-refractivity contribution in [1.29, 1.82) is 0 Å². The number of aromatic amines is 1. The van der Waals surface area contributed by atoms with Gasteiger partial charge in [0.1, 0.15) is 5.75 Å². The molecule has 0 aliphatic heterocycles. The number of phenols is 1. The van der Waals surface area contributed by atoms with Crippen molar-refractivity contribution in [2.45, 2.75) is 58.8 Å². The first kappa shape index (κ1) is 15.7. The second-order valence-electron chi connectivity index (χ2n) is 7.94. The van der Waals surface area contributed by atoms with Crippen LogP contribution in [0.5, 0.6) is 5.75 Å². The minimum Gasteiger partial charge on any atom is -0.507 e. The van der Waals surface area contributed by atoms with Gasteiger partial charge in [0.15, 0.2) is 0 Å². The number of benzene rings is 1. The van der Waals surface area contributed by atoms with Crippen LogP contribution < -0.4 is 0 Å².